The third-order valence-electron chi connectivity index (χ3n) is 4.18. The normalized spacial score (nSPS) is 10.8. The van der Waals surface area contributed by atoms with Crippen LogP contribution >= 0.6 is 27.3 Å². The number of ether oxygens (including phenoxy) is 2. The van der Waals surface area contributed by atoms with Crippen molar-refractivity contribution in [2.45, 2.75) is 6.61 Å². The largest absolute Gasteiger partial charge is 0.496 e. The zero-order valence-electron chi connectivity index (χ0n) is 15.1. The summed E-state index contributed by atoms with van der Waals surface area (Å²) in [5.41, 5.74) is 1.15. The number of benzene rings is 2. The molecule has 0 bridgehead atoms. The summed E-state index contributed by atoms with van der Waals surface area (Å²) in [5.74, 6) is 0.0713. The molecule has 4 aromatic rings. The van der Waals surface area contributed by atoms with Crippen molar-refractivity contribution < 1.29 is 14.3 Å². The van der Waals surface area contributed by atoms with E-state index in [9.17, 15) is 9.59 Å². The molecule has 0 unspecified atom stereocenters. The summed E-state index contributed by atoms with van der Waals surface area (Å²) >= 11 is 4.88. The molecular weight excluding hydrogens is 458 g/mol. The summed E-state index contributed by atoms with van der Waals surface area (Å²) in [6, 6.07) is 12.4. The molecule has 1 N–H and O–H groups in total. The number of nitrogens with one attached hydrogen (secondary N) is 1. The van der Waals surface area contributed by atoms with Gasteiger partial charge in [-0.25, -0.2) is 14.9 Å². The molecule has 4 rings (SSSR count). The summed E-state index contributed by atoms with van der Waals surface area (Å²) in [7, 11) is 1.60. The summed E-state index contributed by atoms with van der Waals surface area (Å²) < 4.78 is 11.7. The van der Waals surface area contributed by atoms with Gasteiger partial charge >= 0.3 is 5.97 Å². The van der Waals surface area contributed by atoms with E-state index in [0.29, 0.717) is 22.2 Å². The molecule has 9 heteroatoms. The molecule has 0 radical (unpaired) electrons. The summed E-state index contributed by atoms with van der Waals surface area (Å²) in [6.45, 7) is -0.0131. The van der Waals surface area contributed by atoms with Gasteiger partial charge in [0.25, 0.3) is 5.56 Å². The molecule has 0 fully saturated rings. The van der Waals surface area contributed by atoms with Gasteiger partial charge in [-0.1, -0.05) is 34.1 Å². The van der Waals surface area contributed by atoms with E-state index in [1.807, 2.05) is 23.6 Å². The number of methoxy groups -OCH3 is 1. The summed E-state index contributed by atoms with van der Waals surface area (Å²) in [4.78, 5) is 28.9. The Morgan fingerprint density at radius 3 is 2.79 bits per heavy atom. The van der Waals surface area contributed by atoms with Crippen LogP contribution in [0.4, 0.5) is 0 Å². The first-order chi connectivity index (χ1) is 14.1. The van der Waals surface area contributed by atoms with Crippen LogP contribution in [0.2, 0.25) is 0 Å². The van der Waals surface area contributed by atoms with Crippen molar-refractivity contribution in [3.63, 3.8) is 0 Å². The Morgan fingerprint density at radius 2 is 2.00 bits per heavy atom. The summed E-state index contributed by atoms with van der Waals surface area (Å²) in [6.07, 6.45) is 0. The molecule has 0 spiro atoms. The Bertz CT molecular complexity index is 1270. The molecule has 0 aliphatic rings. The summed E-state index contributed by atoms with van der Waals surface area (Å²) in [5, 5.41) is 9.58. The maximum atomic E-state index is 12.5. The smallest absolute Gasteiger partial charge is 0.359 e. The lowest BCUT2D eigenvalue weighted by atomic mass is 10.1. The van der Waals surface area contributed by atoms with Crippen LogP contribution in [0.1, 0.15) is 16.2 Å². The van der Waals surface area contributed by atoms with Crippen molar-refractivity contribution in [2.75, 3.05) is 7.11 Å². The lowest BCUT2D eigenvalue weighted by Gasteiger charge is -2.06. The molecule has 0 amide bonds. The van der Waals surface area contributed by atoms with E-state index in [0.717, 1.165) is 15.0 Å². The quantitative estimate of drug-likeness (QED) is 0.438. The minimum atomic E-state index is -0.632. The van der Waals surface area contributed by atoms with Crippen LogP contribution in [0.25, 0.3) is 21.3 Å². The number of aromatic amines is 1. The number of fused-ring (bicyclic) bond motifs is 1. The van der Waals surface area contributed by atoms with E-state index in [1.54, 1.807) is 31.4 Å². The zero-order valence-corrected chi connectivity index (χ0v) is 17.5. The van der Waals surface area contributed by atoms with Gasteiger partial charge in [0.15, 0.2) is 5.69 Å². The Morgan fingerprint density at radius 1 is 1.21 bits per heavy atom. The van der Waals surface area contributed by atoms with Crippen molar-refractivity contribution in [3.8, 4) is 16.3 Å². The SMILES string of the molecule is COc1ccc(Br)cc1-c1nc(COC(=O)c2n[nH]c(=O)c3ccccc23)cs1. The molecule has 2 aromatic carbocycles. The van der Waals surface area contributed by atoms with Gasteiger partial charge in [-0.2, -0.15) is 5.10 Å². The third-order valence-corrected chi connectivity index (χ3v) is 5.60. The van der Waals surface area contributed by atoms with Gasteiger partial charge < -0.3 is 9.47 Å². The molecule has 29 heavy (non-hydrogen) atoms. The maximum Gasteiger partial charge on any atom is 0.359 e. The monoisotopic (exact) mass is 471 g/mol. The van der Waals surface area contributed by atoms with Gasteiger partial charge in [0.1, 0.15) is 17.4 Å². The maximum absolute atomic E-state index is 12.5. The predicted octanol–water partition coefficient (Wildman–Crippen LogP) is 4.17. The molecule has 0 saturated heterocycles. The van der Waals surface area contributed by atoms with Crippen LogP contribution < -0.4 is 10.3 Å². The highest BCUT2D eigenvalue weighted by Gasteiger charge is 2.17. The molecule has 2 aromatic heterocycles. The van der Waals surface area contributed by atoms with Crippen LogP contribution in [0.15, 0.2) is 57.1 Å². The van der Waals surface area contributed by atoms with Gasteiger partial charge in [-0.3, -0.25) is 4.79 Å². The fourth-order valence-electron chi connectivity index (χ4n) is 2.82. The van der Waals surface area contributed by atoms with Crippen LogP contribution in [-0.4, -0.2) is 28.3 Å². The minimum absolute atomic E-state index is 0.0131. The topological polar surface area (TPSA) is 94.2 Å². The highest BCUT2D eigenvalue weighted by Crippen LogP contribution is 2.34. The van der Waals surface area contributed by atoms with Gasteiger partial charge in [0.2, 0.25) is 0 Å². The first kappa shape index (κ1) is 19.3. The van der Waals surface area contributed by atoms with E-state index in [2.05, 4.69) is 31.1 Å². The fraction of sp³-hybridized carbons (Fsp3) is 0.100. The molecule has 2 heterocycles. The second-order valence-corrected chi connectivity index (χ2v) is 7.79. The standard InChI is InChI=1S/C20H14BrN3O4S/c1-27-16-7-6-11(21)8-15(16)19-22-12(10-29-19)9-28-20(26)17-13-4-2-3-5-14(13)18(25)24-23-17/h2-8,10H,9H2,1H3,(H,24,25). The van der Waals surface area contributed by atoms with Crippen LogP contribution in [0.3, 0.4) is 0 Å². The molecule has 146 valence electrons. The van der Waals surface area contributed by atoms with E-state index in [1.165, 1.54) is 11.3 Å². The number of hydrogen-bond donors (Lipinski definition) is 1. The predicted molar refractivity (Wildman–Crippen MR) is 113 cm³/mol. The van der Waals surface area contributed by atoms with Gasteiger partial charge in [0, 0.05) is 15.2 Å². The number of hydrogen-bond acceptors (Lipinski definition) is 7. The van der Waals surface area contributed by atoms with Gasteiger partial charge in [-0.15, -0.1) is 11.3 Å². The van der Waals surface area contributed by atoms with Crippen molar-refractivity contribution >= 4 is 44.0 Å². The van der Waals surface area contributed by atoms with Gasteiger partial charge in [0.05, 0.1) is 23.8 Å². The molecule has 7 nitrogen and oxygen atoms in total. The third kappa shape index (κ3) is 3.92. The number of carbonyl (C=O) groups excluding carboxylic acids is 1. The first-order valence-electron chi connectivity index (χ1n) is 8.49. The Balaban J connectivity index is 1.54. The number of thiazole rings is 1. The molecule has 0 aliphatic heterocycles. The van der Waals surface area contributed by atoms with Crippen molar-refractivity contribution in [2.24, 2.45) is 0 Å². The lowest BCUT2D eigenvalue weighted by Crippen LogP contribution is -2.16. The highest BCUT2D eigenvalue weighted by molar-refractivity contribution is 9.10. The van der Waals surface area contributed by atoms with Crippen LogP contribution in [0, 0.1) is 0 Å². The zero-order chi connectivity index (χ0) is 20.4. The lowest BCUT2D eigenvalue weighted by molar-refractivity contribution is 0.0462. The number of halogens is 1. The highest BCUT2D eigenvalue weighted by atomic mass is 79.9. The molecule has 0 aliphatic carbocycles. The van der Waals surface area contributed by atoms with E-state index >= 15 is 0 Å². The van der Waals surface area contributed by atoms with Gasteiger partial charge in [-0.05, 0) is 24.3 Å². The van der Waals surface area contributed by atoms with E-state index in [4.69, 9.17) is 9.47 Å². The fourth-order valence-corrected chi connectivity index (χ4v) is 4.01. The number of H-pyrrole nitrogens is 1. The molecular formula is C20H14BrN3O4S. The average Bonchev–Trinajstić information content (AvgIpc) is 3.21. The molecule has 0 saturated carbocycles. The second-order valence-electron chi connectivity index (χ2n) is 6.01. The number of rotatable bonds is 5. The first-order valence-corrected chi connectivity index (χ1v) is 10.2. The van der Waals surface area contributed by atoms with Crippen molar-refractivity contribution in [1.29, 1.82) is 0 Å². The molecule has 0 atom stereocenters. The Hall–Kier alpha value is -3.04. The van der Waals surface area contributed by atoms with Crippen molar-refractivity contribution in [1.82, 2.24) is 15.2 Å². The Labute approximate surface area is 177 Å². The van der Waals surface area contributed by atoms with E-state index < -0.39 is 5.97 Å². The average molecular weight is 472 g/mol. The van der Waals surface area contributed by atoms with Crippen LogP contribution in [-0.2, 0) is 11.3 Å². The number of nitrogens with zero attached hydrogens (tertiary/aromatic N) is 2. The second kappa shape index (κ2) is 8.14. The van der Waals surface area contributed by atoms with Crippen LogP contribution in [0.5, 0.6) is 5.75 Å². The number of aromatic nitrogens is 3. The number of carbonyl (C=O) groups is 1. The number of esters is 1. The minimum Gasteiger partial charge on any atom is -0.496 e. The van der Waals surface area contributed by atoms with E-state index in [-0.39, 0.29) is 17.9 Å². The van der Waals surface area contributed by atoms with Crippen molar-refractivity contribution in [3.05, 3.63) is 74.1 Å². The Kier molecular flexibility index (Phi) is 5.41.